The standard InChI is InChI=1S/C12H16INO2/c1-12(2,3)16-11(15)14-8-9-6-4-5-7-10(9)13/h4-7H,8H2,1-3H3,(H,14,15). The van der Waals surface area contributed by atoms with Gasteiger partial charge in [0, 0.05) is 10.1 Å². The molecule has 0 radical (unpaired) electrons. The predicted octanol–water partition coefficient (Wildman–Crippen LogP) is 3.32. The molecule has 1 amide bonds. The smallest absolute Gasteiger partial charge is 0.407 e. The normalized spacial score (nSPS) is 11.0. The number of nitrogens with one attached hydrogen (secondary N) is 1. The molecule has 3 nitrogen and oxygen atoms in total. The molecule has 1 aromatic rings. The zero-order valence-corrected chi connectivity index (χ0v) is 11.9. The molecule has 0 heterocycles. The summed E-state index contributed by atoms with van der Waals surface area (Å²) in [4.78, 5) is 11.4. The summed E-state index contributed by atoms with van der Waals surface area (Å²) in [5.74, 6) is 0. The number of rotatable bonds is 2. The lowest BCUT2D eigenvalue weighted by Gasteiger charge is -2.19. The average Bonchev–Trinajstić information content (AvgIpc) is 2.14. The molecule has 1 N–H and O–H groups in total. The second kappa shape index (κ2) is 5.52. The van der Waals surface area contributed by atoms with Gasteiger partial charge in [0.2, 0.25) is 0 Å². The van der Waals surface area contributed by atoms with E-state index >= 15 is 0 Å². The van der Waals surface area contributed by atoms with Crippen molar-refractivity contribution in [3.05, 3.63) is 33.4 Å². The van der Waals surface area contributed by atoms with E-state index in [4.69, 9.17) is 4.74 Å². The number of carbonyl (C=O) groups is 1. The van der Waals surface area contributed by atoms with Gasteiger partial charge < -0.3 is 10.1 Å². The van der Waals surface area contributed by atoms with Gasteiger partial charge in [0.25, 0.3) is 0 Å². The van der Waals surface area contributed by atoms with Crippen LogP contribution in [0.4, 0.5) is 4.79 Å². The molecule has 88 valence electrons. The Morgan fingerprint density at radius 1 is 1.38 bits per heavy atom. The molecule has 0 spiro atoms. The summed E-state index contributed by atoms with van der Waals surface area (Å²) in [6.07, 6.45) is -0.382. The molecule has 0 unspecified atom stereocenters. The fourth-order valence-corrected chi connectivity index (χ4v) is 1.70. The first-order chi connectivity index (χ1) is 7.38. The van der Waals surface area contributed by atoms with Crippen molar-refractivity contribution in [1.82, 2.24) is 5.32 Å². The minimum Gasteiger partial charge on any atom is -0.444 e. The summed E-state index contributed by atoms with van der Waals surface area (Å²) in [7, 11) is 0. The second-order valence-corrected chi connectivity index (χ2v) is 5.61. The highest BCUT2D eigenvalue weighted by Crippen LogP contribution is 2.11. The summed E-state index contributed by atoms with van der Waals surface area (Å²) in [6.45, 7) is 6.03. The van der Waals surface area contributed by atoms with Crippen molar-refractivity contribution < 1.29 is 9.53 Å². The summed E-state index contributed by atoms with van der Waals surface area (Å²) >= 11 is 2.24. The van der Waals surface area contributed by atoms with Gasteiger partial charge in [-0.2, -0.15) is 0 Å². The van der Waals surface area contributed by atoms with E-state index < -0.39 is 5.60 Å². The van der Waals surface area contributed by atoms with Crippen molar-refractivity contribution in [3.63, 3.8) is 0 Å². The van der Waals surface area contributed by atoms with Gasteiger partial charge >= 0.3 is 6.09 Å². The van der Waals surface area contributed by atoms with Crippen molar-refractivity contribution in [2.24, 2.45) is 0 Å². The Kier molecular flexibility index (Phi) is 4.58. The molecule has 0 aliphatic heterocycles. The lowest BCUT2D eigenvalue weighted by atomic mass is 10.2. The molecule has 0 aliphatic rings. The SMILES string of the molecule is CC(C)(C)OC(=O)NCc1ccccc1I. The Hall–Kier alpha value is -0.780. The summed E-state index contributed by atoms with van der Waals surface area (Å²) < 4.78 is 6.28. The number of hydrogen-bond acceptors (Lipinski definition) is 2. The number of halogens is 1. The maximum atomic E-state index is 11.4. The maximum Gasteiger partial charge on any atom is 0.407 e. The third-order valence-electron chi connectivity index (χ3n) is 1.78. The zero-order valence-electron chi connectivity index (χ0n) is 9.71. The second-order valence-electron chi connectivity index (χ2n) is 4.45. The molecule has 16 heavy (non-hydrogen) atoms. The van der Waals surface area contributed by atoms with E-state index in [0.29, 0.717) is 6.54 Å². The number of carbonyl (C=O) groups excluding carboxylic acids is 1. The van der Waals surface area contributed by atoms with Crippen LogP contribution in [0.15, 0.2) is 24.3 Å². The van der Waals surface area contributed by atoms with Crippen LogP contribution in [0.25, 0.3) is 0 Å². The molecule has 0 saturated carbocycles. The van der Waals surface area contributed by atoms with Crippen LogP contribution in [-0.4, -0.2) is 11.7 Å². The van der Waals surface area contributed by atoms with Crippen LogP contribution in [0.1, 0.15) is 26.3 Å². The lowest BCUT2D eigenvalue weighted by Crippen LogP contribution is -2.32. The van der Waals surface area contributed by atoms with E-state index in [1.807, 2.05) is 45.0 Å². The monoisotopic (exact) mass is 333 g/mol. The van der Waals surface area contributed by atoms with Crippen LogP contribution in [0.3, 0.4) is 0 Å². The highest BCUT2D eigenvalue weighted by Gasteiger charge is 2.15. The van der Waals surface area contributed by atoms with Gasteiger partial charge in [-0.25, -0.2) is 4.79 Å². The third kappa shape index (κ3) is 4.83. The van der Waals surface area contributed by atoms with Crippen molar-refractivity contribution in [2.75, 3.05) is 0 Å². The largest absolute Gasteiger partial charge is 0.444 e. The van der Waals surface area contributed by atoms with Crippen LogP contribution < -0.4 is 5.32 Å². The van der Waals surface area contributed by atoms with Crippen molar-refractivity contribution >= 4 is 28.7 Å². The fraction of sp³-hybridized carbons (Fsp3) is 0.417. The molecule has 0 aliphatic carbocycles. The first-order valence-electron chi connectivity index (χ1n) is 5.09. The third-order valence-corrected chi connectivity index (χ3v) is 2.83. The van der Waals surface area contributed by atoms with Crippen LogP contribution in [-0.2, 0) is 11.3 Å². The molecule has 0 fully saturated rings. The van der Waals surface area contributed by atoms with Crippen LogP contribution in [0.2, 0.25) is 0 Å². The average molecular weight is 333 g/mol. The molecular weight excluding hydrogens is 317 g/mol. The van der Waals surface area contributed by atoms with Crippen LogP contribution in [0.5, 0.6) is 0 Å². The number of hydrogen-bond donors (Lipinski definition) is 1. The van der Waals surface area contributed by atoms with Crippen LogP contribution >= 0.6 is 22.6 Å². The van der Waals surface area contributed by atoms with Gasteiger partial charge in [-0.1, -0.05) is 18.2 Å². The van der Waals surface area contributed by atoms with Crippen molar-refractivity contribution in [2.45, 2.75) is 32.9 Å². The van der Waals surface area contributed by atoms with E-state index in [9.17, 15) is 4.79 Å². The number of amides is 1. The number of alkyl carbamates (subject to hydrolysis) is 1. The van der Waals surface area contributed by atoms with Gasteiger partial charge in [0.15, 0.2) is 0 Å². The molecule has 1 aromatic carbocycles. The highest BCUT2D eigenvalue weighted by atomic mass is 127. The molecule has 0 bridgehead atoms. The van der Waals surface area contributed by atoms with Gasteiger partial charge in [0.1, 0.15) is 5.60 Å². The van der Waals surface area contributed by atoms with Crippen molar-refractivity contribution in [1.29, 1.82) is 0 Å². The van der Waals surface area contributed by atoms with Crippen molar-refractivity contribution in [3.8, 4) is 0 Å². The fourth-order valence-electron chi connectivity index (χ4n) is 1.12. The Labute approximate surface area is 110 Å². The van der Waals surface area contributed by atoms with E-state index in [0.717, 1.165) is 9.13 Å². The van der Waals surface area contributed by atoms with E-state index in [1.165, 1.54) is 0 Å². The summed E-state index contributed by atoms with van der Waals surface area (Å²) in [5, 5.41) is 2.73. The Morgan fingerprint density at radius 3 is 2.56 bits per heavy atom. The quantitative estimate of drug-likeness (QED) is 0.844. The molecule has 4 heteroatoms. The first-order valence-corrected chi connectivity index (χ1v) is 6.16. The molecule has 0 atom stereocenters. The lowest BCUT2D eigenvalue weighted by molar-refractivity contribution is 0.0523. The molecule has 0 aromatic heterocycles. The zero-order chi connectivity index (χ0) is 12.2. The molecule has 1 rings (SSSR count). The topological polar surface area (TPSA) is 38.3 Å². The Bertz CT molecular complexity index is 372. The van der Waals surface area contributed by atoms with E-state index in [-0.39, 0.29) is 6.09 Å². The Balaban J connectivity index is 2.47. The van der Waals surface area contributed by atoms with E-state index in [1.54, 1.807) is 0 Å². The summed E-state index contributed by atoms with van der Waals surface area (Å²) in [5.41, 5.74) is 0.641. The van der Waals surface area contributed by atoms with Gasteiger partial charge in [-0.05, 0) is 55.0 Å². The minimum absolute atomic E-state index is 0.382. The van der Waals surface area contributed by atoms with E-state index in [2.05, 4.69) is 27.9 Å². The van der Waals surface area contributed by atoms with Gasteiger partial charge in [-0.15, -0.1) is 0 Å². The first kappa shape index (κ1) is 13.3. The molecular formula is C12H16INO2. The van der Waals surface area contributed by atoms with Gasteiger partial charge in [-0.3, -0.25) is 0 Å². The highest BCUT2D eigenvalue weighted by molar-refractivity contribution is 14.1. The predicted molar refractivity (Wildman–Crippen MR) is 72.2 cm³/mol. The summed E-state index contributed by atoms with van der Waals surface area (Å²) in [6, 6.07) is 7.92. The molecule has 0 saturated heterocycles. The Morgan fingerprint density at radius 2 is 2.00 bits per heavy atom. The minimum atomic E-state index is -0.450. The van der Waals surface area contributed by atoms with Gasteiger partial charge in [0.05, 0.1) is 0 Å². The number of benzene rings is 1. The number of ether oxygens (including phenoxy) is 1. The maximum absolute atomic E-state index is 11.4. The van der Waals surface area contributed by atoms with Crippen LogP contribution in [0, 0.1) is 3.57 Å².